The van der Waals surface area contributed by atoms with Crippen LogP contribution in [0.1, 0.15) is 32.2 Å². The highest BCUT2D eigenvalue weighted by Gasteiger charge is 2.21. The minimum atomic E-state index is -0.0256. The van der Waals surface area contributed by atoms with Gasteiger partial charge in [0.05, 0.1) is 0 Å². The highest BCUT2D eigenvalue weighted by Crippen LogP contribution is 2.27. The van der Waals surface area contributed by atoms with Crippen LogP contribution >= 0.6 is 35.5 Å². The standard InChI is InChI=1S/C12H20N4OS2.ClH/c1-12(2,3)10-15-16-11(19-10)14-9(17)6-8-7-18-5-4-13-8;/h8,13H,4-7H2,1-3H3,(H,14,16,17);1H. The van der Waals surface area contributed by atoms with Crippen LogP contribution in [0.25, 0.3) is 0 Å². The van der Waals surface area contributed by atoms with Gasteiger partial charge in [-0.1, -0.05) is 32.1 Å². The third kappa shape index (κ3) is 5.20. The van der Waals surface area contributed by atoms with Crippen molar-refractivity contribution < 1.29 is 4.79 Å². The summed E-state index contributed by atoms with van der Waals surface area (Å²) in [5, 5.41) is 15.9. The van der Waals surface area contributed by atoms with E-state index in [-0.39, 0.29) is 29.8 Å². The van der Waals surface area contributed by atoms with E-state index in [9.17, 15) is 4.79 Å². The molecule has 0 bridgehead atoms. The molecule has 0 spiro atoms. The van der Waals surface area contributed by atoms with Gasteiger partial charge in [0.25, 0.3) is 0 Å². The van der Waals surface area contributed by atoms with Crippen LogP contribution in [0, 0.1) is 0 Å². The maximum atomic E-state index is 11.9. The number of rotatable bonds is 3. The molecule has 1 unspecified atom stereocenters. The summed E-state index contributed by atoms with van der Waals surface area (Å²) in [4.78, 5) is 11.9. The van der Waals surface area contributed by atoms with Crippen LogP contribution in [-0.4, -0.2) is 40.2 Å². The summed E-state index contributed by atoms with van der Waals surface area (Å²) in [6.07, 6.45) is 0.497. The van der Waals surface area contributed by atoms with Crippen LogP contribution in [0.2, 0.25) is 0 Å². The average molecular weight is 337 g/mol. The van der Waals surface area contributed by atoms with Gasteiger partial charge in [0.15, 0.2) is 0 Å². The minimum absolute atomic E-state index is 0. The van der Waals surface area contributed by atoms with Crippen LogP contribution in [0.3, 0.4) is 0 Å². The van der Waals surface area contributed by atoms with Crippen molar-refractivity contribution in [2.45, 2.75) is 38.6 Å². The molecule has 1 saturated heterocycles. The van der Waals surface area contributed by atoms with Gasteiger partial charge >= 0.3 is 0 Å². The van der Waals surface area contributed by atoms with Crippen LogP contribution in [0.15, 0.2) is 0 Å². The number of hydrogen-bond acceptors (Lipinski definition) is 6. The van der Waals surface area contributed by atoms with Gasteiger partial charge in [-0.25, -0.2) is 0 Å². The molecule has 0 aromatic carbocycles. The Labute approximate surface area is 134 Å². The van der Waals surface area contributed by atoms with Crippen LogP contribution in [0.4, 0.5) is 5.13 Å². The monoisotopic (exact) mass is 336 g/mol. The lowest BCUT2D eigenvalue weighted by Gasteiger charge is -2.22. The summed E-state index contributed by atoms with van der Waals surface area (Å²) in [5.41, 5.74) is -0.0256. The van der Waals surface area contributed by atoms with Crippen molar-refractivity contribution in [3.8, 4) is 0 Å². The summed E-state index contributed by atoms with van der Waals surface area (Å²) in [5.74, 6) is 2.14. The number of thioether (sulfide) groups is 1. The fourth-order valence-electron chi connectivity index (χ4n) is 1.72. The summed E-state index contributed by atoms with van der Waals surface area (Å²) in [6.45, 7) is 7.24. The van der Waals surface area contributed by atoms with E-state index in [2.05, 4.69) is 41.6 Å². The molecule has 1 amide bonds. The van der Waals surface area contributed by atoms with Gasteiger partial charge in [-0.3, -0.25) is 4.79 Å². The molecule has 20 heavy (non-hydrogen) atoms. The number of nitrogens with zero attached hydrogens (tertiary/aromatic N) is 2. The first kappa shape index (κ1) is 17.7. The number of nitrogens with one attached hydrogen (secondary N) is 2. The molecule has 5 nitrogen and oxygen atoms in total. The molecule has 1 aromatic heterocycles. The summed E-state index contributed by atoms with van der Waals surface area (Å²) in [7, 11) is 0. The smallest absolute Gasteiger partial charge is 0.227 e. The number of aromatic nitrogens is 2. The third-order valence-electron chi connectivity index (χ3n) is 2.74. The van der Waals surface area contributed by atoms with Crippen LogP contribution in [-0.2, 0) is 10.2 Å². The predicted molar refractivity (Wildman–Crippen MR) is 88.2 cm³/mol. The lowest BCUT2D eigenvalue weighted by atomic mass is 9.98. The highest BCUT2D eigenvalue weighted by atomic mass is 35.5. The largest absolute Gasteiger partial charge is 0.312 e. The topological polar surface area (TPSA) is 66.9 Å². The molecule has 1 atom stereocenters. The molecule has 114 valence electrons. The molecule has 0 radical (unpaired) electrons. The molecular formula is C12H21ClN4OS2. The van der Waals surface area contributed by atoms with E-state index in [0.29, 0.717) is 11.6 Å². The number of amides is 1. The highest BCUT2D eigenvalue weighted by molar-refractivity contribution is 7.99. The van der Waals surface area contributed by atoms with E-state index in [4.69, 9.17) is 0 Å². The van der Waals surface area contributed by atoms with Crippen LogP contribution in [0.5, 0.6) is 0 Å². The first-order valence-corrected chi connectivity index (χ1v) is 8.37. The van der Waals surface area contributed by atoms with Crippen LogP contribution < -0.4 is 10.6 Å². The Bertz CT molecular complexity index is 441. The van der Waals surface area contributed by atoms with E-state index in [0.717, 1.165) is 23.1 Å². The van der Waals surface area contributed by atoms with Crippen molar-refractivity contribution in [2.24, 2.45) is 0 Å². The maximum Gasteiger partial charge on any atom is 0.227 e. The Balaban J connectivity index is 0.00000200. The van der Waals surface area contributed by atoms with Gasteiger partial charge in [-0.05, 0) is 0 Å². The molecule has 0 aliphatic carbocycles. The minimum Gasteiger partial charge on any atom is -0.312 e. The molecule has 8 heteroatoms. The van der Waals surface area contributed by atoms with Gasteiger partial charge in [-0.2, -0.15) is 11.8 Å². The maximum absolute atomic E-state index is 11.9. The number of carbonyl (C=O) groups is 1. The Morgan fingerprint density at radius 1 is 1.45 bits per heavy atom. The number of anilines is 1. The fraction of sp³-hybridized carbons (Fsp3) is 0.750. The number of hydrogen-bond donors (Lipinski definition) is 2. The van der Waals surface area contributed by atoms with E-state index in [1.165, 1.54) is 11.3 Å². The first-order chi connectivity index (χ1) is 8.95. The Morgan fingerprint density at radius 2 is 2.20 bits per heavy atom. The van der Waals surface area contributed by atoms with E-state index >= 15 is 0 Å². The quantitative estimate of drug-likeness (QED) is 0.886. The predicted octanol–water partition coefficient (Wildman–Crippen LogP) is 2.29. The molecule has 2 N–H and O–H groups in total. The lowest BCUT2D eigenvalue weighted by Crippen LogP contribution is -2.39. The second kappa shape index (κ2) is 7.59. The molecule has 0 saturated carbocycles. The van der Waals surface area contributed by atoms with Gasteiger partial charge in [0.2, 0.25) is 11.0 Å². The molecule has 1 aromatic rings. The molecule has 1 fully saturated rings. The number of halogens is 1. The number of carbonyl (C=O) groups excluding carboxylic acids is 1. The second-order valence-electron chi connectivity index (χ2n) is 5.64. The van der Waals surface area contributed by atoms with E-state index in [1.807, 2.05) is 11.8 Å². The molecule has 1 aliphatic rings. The summed E-state index contributed by atoms with van der Waals surface area (Å²) < 4.78 is 0. The third-order valence-corrected chi connectivity index (χ3v) is 5.14. The normalized spacial score (nSPS) is 19.2. The van der Waals surface area contributed by atoms with Crippen molar-refractivity contribution in [1.82, 2.24) is 15.5 Å². The zero-order valence-electron chi connectivity index (χ0n) is 11.9. The van der Waals surface area contributed by atoms with Crippen molar-refractivity contribution >= 4 is 46.5 Å². The summed E-state index contributed by atoms with van der Waals surface area (Å²) >= 11 is 3.34. The lowest BCUT2D eigenvalue weighted by molar-refractivity contribution is -0.116. The Hall–Kier alpha value is -0.370. The van der Waals surface area contributed by atoms with E-state index < -0.39 is 0 Å². The second-order valence-corrected chi connectivity index (χ2v) is 7.77. The Kier molecular flexibility index (Phi) is 6.71. The molecule has 2 heterocycles. The Morgan fingerprint density at radius 3 is 2.75 bits per heavy atom. The SMILES string of the molecule is CC(C)(C)c1nnc(NC(=O)CC2CSCCN2)s1.Cl. The van der Waals surface area contributed by atoms with Crippen molar-refractivity contribution in [3.63, 3.8) is 0 Å². The van der Waals surface area contributed by atoms with Crippen molar-refractivity contribution in [2.75, 3.05) is 23.4 Å². The molecular weight excluding hydrogens is 316 g/mol. The first-order valence-electron chi connectivity index (χ1n) is 6.40. The van der Waals surface area contributed by atoms with Gasteiger partial charge in [0, 0.05) is 35.9 Å². The average Bonchev–Trinajstić information content (AvgIpc) is 2.78. The molecule has 2 rings (SSSR count). The summed E-state index contributed by atoms with van der Waals surface area (Å²) in [6, 6.07) is 0.272. The molecule has 1 aliphatic heterocycles. The zero-order chi connectivity index (χ0) is 13.9. The van der Waals surface area contributed by atoms with Crippen molar-refractivity contribution in [1.29, 1.82) is 0 Å². The van der Waals surface area contributed by atoms with E-state index in [1.54, 1.807) is 0 Å². The van der Waals surface area contributed by atoms with Gasteiger partial charge in [0.1, 0.15) is 5.01 Å². The zero-order valence-corrected chi connectivity index (χ0v) is 14.4. The van der Waals surface area contributed by atoms with Crippen molar-refractivity contribution in [3.05, 3.63) is 5.01 Å². The van der Waals surface area contributed by atoms with Gasteiger partial charge < -0.3 is 10.6 Å². The fourth-order valence-corrected chi connectivity index (χ4v) is 3.49. The van der Waals surface area contributed by atoms with Gasteiger partial charge in [-0.15, -0.1) is 22.6 Å².